The number of carbonyl (C=O) groups excluding carboxylic acids is 2. The molecule has 3 atom stereocenters. The van der Waals surface area contributed by atoms with Gasteiger partial charge in [0.25, 0.3) is 5.91 Å². The van der Waals surface area contributed by atoms with Crippen LogP contribution in [0.15, 0.2) is 18.2 Å². The number of hydrogen-bond acceptors (Lipinski definition) is 5. The van der Waals surface area contributed by atoms with E-state index in [1.165, 1.54) is 0 Å². The summed E-state index contributed by atoms with van der Waals surface area (Å²) in [5, 5.41) is 12.0. The van der Waals surface area contributed by atoms with Crippen molar-refractivity contribution in [2.24, 2.45) is 5.92 Å². The number of carboxylic acids is 1. The van der Waals surface area contributed by atoms with E-state index in [2.05, 4.69) is 5.32 Å². The number of aliphatic carboxylic acids is 1. The molecule has 1 saturated heterocycles. The van der Waals surface area contributed by atoms with Gasteiger partial charge in [0.1, 0.15) is 6.04 Å². The van der Waals surface area contributed by atoms with Crippen molar-refractivity contribution in [1.29, 1.82) is 0 Å². The monoisotopic (exact) mass is 374 g/mol. The van der Waals surface area contributed by atoms with Gasteiger partial charge in [0.2, 0.25) is 12.7 Å². The van der Waals surface area contributed by atoms with Crippen LogP contribution in [0.4, 0.5) is 0 Å². The highest BCUT2D eigenvalue weighted by atomic mass is 16.7. The maximum atomic E-state index is 12.9. The molecule has 2 aliphatic heterocycles. The third kappa shape index (κ3) is 3.43. The average molecular weight is 374 g/mol. The Bertz CT molecular complexity index is 779. The van der Waals surface area contributed by atoms with Crippen molar-refractivity contribution >= 4 is 17.8 Å². The molecule has 1 aliphatic carbocycles. The highest BCUT2D eigenvalue weighted by molar-refractivity contribution is 5.98. The molecule has 1 saturated carbocycles. The van der Waals surface area contributed by atoms with Crippen molar-refractivity contribution in [2.45, 2.75) is 44.2 Å². The molecule has 8 heteroatoms. The van der Waals surface area contributed by atoms with Gasteiger partial charge in [-0.1, -0.05) is 0 Å². The van der Waals surface area contributed by atoms with Crippen LogP contribution in [-0.2, 0) is 9.59 Å². The van der Waals surface area contributed by atoms with Gasteiger partial charge in [0.15, 0.2) is 11.5 Å². The highest BCUT2D eigenvalue weighted by Crippen LogP contribution is 2.33. The molecule has 27 heavy (non-hydrogen) atoms. The number of amides is 2. The molecule has 2 heterocycles. The van der Waals surface area contributed by atoms with Crippen molar-refractivity contribution < 1.29 is 29.0 Å². The minimum Gasteiger partial charge on any atom is -0.481 e. The minimum absolute atomic E-state index is 0.137. The van der Waals surface area contributed by atoms with Crippen molar-refractivity contribution in [3.8, 4) is 11.5 Å². The maximum absolute atomic E-state index is 12.9. The summed E-state index contributed by atoms with van der Waals surface area (Å²) in [4.78, 5) is 38.3. The summed E-state index contributed by atoms with van der Waals surface area (Å²) in [5.74, 6) is -0.473. The van der Waals surface area contributed by atoms with E-state index in [1.54, 1.807) is 23.1 Å². The van der Waals surface area contributed by atoms with Crippen LogP contribution in [0.25, 0.3) is 0 Å². The molecule has 1 aromatic carbocycles. The van der Waals surface area contributed by atoms with Crippen LogP contribution >= 0.6 is 0 Å². The SMILES string of the molecule is O=C(N[C@@H]1CC[C@H](C(=O)O)C1)C1CCCN1C(=O)c1ccc2c(c1)OCO2. The van der Waals surface area contributed by atoms with E-state index in [9.17, 15) is 14.4 Å². The molecule has 4 rings (SSSR count). The molecular formula is C19H22N2O6. The number of nitrogens with zero attached hydrogens (tertiary/aromatic N) is 1. The van der Waals surface area contributed by atoms with Gasteiger partial charge < -0.3 is 24.8 Å². The van der Waals surface area contributed by atoms with Crippen LogP contribution in [-0.4, -0.2) is 53.2 Å². The second kappa shape index (κ2) is 7.09. The first-order valence-electron chi connectivity index (χ1n) is 9.26. The molecule has 3 aliphatic rings. The Labute approximate surface area is 156 Å². The van der Waals surface area contributed by atoms with Crippen LogP contribution in [0.3, 0.4) is 0 Å². The fourth-order valence-electron chi connectivity index (χ4n) is 4.11. The highest BCUT2D eigenvalue weighted by Gasteiger charge is 2.37. The predicted molar refractivity (Wildman–Crippen MR) is 93.5 cm³/mol. The Balaban J connectivity index is 1.42. The Morgan fingerprint density at radius 1 is 1.11 bits per heavy atom. The number of carbonyl (C=O) groups is 3. The summed E-state index contributed by atoms with van der Waals surface area (Å²) >= 11 is 0. The van der Waals surface area contributed by atoms with E-state index in [0.717, 1.165) is 6.42 Å². The lowest BCUT2D eigenvalue weighted by Gasteiger charge is -2.25. The van der Waals surface area contributed by atoms with E-state index >= 15 is 0 Å². The zero-order valence-electron chi connectivity index (χ0n) is 14.8. The van der Waals surface area contributed by atoms with Crippen LogP contribution in [0, 0.1) is 5.92 Å². The van der Waals surface area contributed by atoms with Crippen molar-refractivity contribution in [2.75, 3.05) is 13.3 Å². The van der Waals surface area contributed by atoms with Gasteiger partial charge in [0, 0.05) is 18.2 Å². The topological polar surface area (TPSA) is 105 Å². The average Bonchev–Trinajstić information content (AvgIpc) is 3.39. The van der Waals surface area contributed by atoms with Gasteiger partial charge in [-0.25, -0.2) is 0 Å². The molecule has 0 spiro atoms. The Morgan fingerprint density at radius 2 is 1.93 bits per heavy atom. The predicted octanol–water partition coefficient (Wildman–Crippen LogP) is 1.39. The number of hydrogen-bond donors (Lipinski definition) is 2. The fourth-order valence-corrected chi connectivity index (χ4v) is 4.11. The molecule has 0 bridgehead atoms. The van der Waals surface area contributed by atoms with Crippen LogP contribution in [0.1, 0.15) is 42.5 Å². The number of fused-ring (bicyclic) bond motifs is 1. The third-order valence-electron chi connectivity index (χ3n) is 5.56. The largest absolute Gasteiger partial charge is 0.481 e. The second-order valence-corrected chi connectivity index (χ2v) is 7.28. The van der Waals surface area contributed by atoms with Gasteiger partial charge in [0.05, 0.1) is 5.92 Å². The summed E-state index contributed by atoms with van der Waals surface area (Å²) in [5.41, 5.74) is 0.464. The smallest absolute Gasteiger partial charge is 0.306 e. The number of likely N-dealkylation sites (tertiary alicyclic amines) is 1. The van der Waals surface area contributed by atoms with Gasteiger partial charge in [-0.2, -0.15) is 0 Å². The summed E-state index contributed by atoms with van der Waals surface area (Å²) in [7, 11) is 0. The first-order valence-corrected chi connectivity index (χ1v) is 9.26. The molecule has 0 aromatic heterocycles. The standard InChI is InChI=1S/C19H22N2O6/c22-17(20-13-5-3-12(8-13)19(24)25)14-2-1-7-21(14)18(23)11-4-6-15-16(9-11)27-10-26-15/h4,6,9,12-14H,1-3,5,7-8,10H2,(H,20,22)(H,24,25)/t12-,13+,14?/m0/s1. The van der Waals surface area contributed by atoms with E-state index in [0.29, 0.717) is 49.3 Å². The summed E-state index contributed by atoms with van der Waals surface area (Å²) in [6.07, 6.45) is 3.05. The molecule has 2 fully saturated rings. The van der Waals surface area contributed by atoms with E-state index in [-0.39, 0.29) is 24.6 Å². The quantitative estimate of drug-likeness (QED) is 0.825. The van der Waals surface area contributed by atoms with Crippen LogP contribution < -0.4 is 14.8 Å². The Morgan fingerprint density at radius 3 is 2.70 bits per heavy atom. The molecular weight excluding hydrogens is 352 g/mol. The fraction of sp³-hybridized carbons (Fsp3) is 0.526. The minimum atomic E-state index is -0.813. The lowest BCUT2D eigenvalue weighted by molar-refractivity contribution is -0.141. The van der Waals surface area contributed by atoms with E-state index in [4.69, 9.17) is 14.6 Å². The van der Waals surface area contributed by atoms with E-state index in [1.807, 2.05) is 0 Å². The van der Waals surface area contributed by atoms with Gasteiger partial charge >= 0.3 is 5.97 Å². The zero-order valence-corrected chi connectivity index (χ0v) is 14.8. The molecule has 8 nitrogen and oxygen atoms in total. The van der Waals surface area contributed by atoms with Gasteiger partial charge in [-0.15, -0.1) is 0 Å². The molecule has 2 amide bonds. The van der Waals surface area contributed by atoms with Crippen molar-refractivity contribution in [3.05, 3.63) is 23.8 Å². The van der Waals surface area contributed by atoms with Gasteiger partial charge in [-0.3, -0.25) is 14.4 Å². The summed E-state index contributed by atoms with van der Waals surface area (Å²) in [6.45, 7) is 0.661. The second-order valence-electron chi connectivity index (χ2n) is 7.28. The van der Waals surface area contributed by atoms with Crippen molar-refractivity contribution in [1.82, 2.24) is 10.2 Å². The summed E-state index contributed by atoms with van der Waals surface area (Å²) in [6, 6.07) is 4.36. The van der Waals surface area contributed by atoms with E-state index < -0.39 is 17.9 Å². The molecule has 1 unspecified atom stereocenters. The molecule has 0 radical (unpaired) electrons. The van der Waals surface area contributed by atoms with Crippen LogP contribution in [0.5, 0.6) is 11.5 Å². The molecule has 144 valence electrons. The van der Waals surface area contributed by atoms with Crippen molar-refractivity contribution in [3.63, 3.8) is 0 Å². The number of ether oxygens (including phenoxy) is 2. The number of carboxylic acid groups (broad SMARTS) is 1. The number of nitrogens with one attached hydrogen (secondary N) is 1. The number of benzene rings is 1. The zero-order chi connectivity index (χ0) is 19.0. The maximum Gasteiger partial charge on any atom is 0.306 e. The lowest BCUT2D eigenvalue weighted by Crippen LogP contribution is -2.48. The third-order valence-corrected chi connectivity index (χ3v) is 5.56. The first kappa shape index (κ1) is 17.6. The Kier molecular flexibility index (Phi) is 4.63. The Hall–Kier alpha value is -2.77. The number of rotatable bonds is 4. The normalized spacial score (nSPS) is 26.2. The molecule has 1 aromatic rings. The lowest BCUT2D eigenvalue weighted by atomic mass is 10.1. The molecule has 2 N–H and O–H groups in total. The van der Waals surface area contributed by atoms with Crippen LogP contribution in [0.2, 0.25) is 0 Å². The van der Waals surface area contributed by atoms with Gasteiger partial charge in [-0.05, 0) is 50.3 Å². The first-order chi connectivity index (χ1) is 13.0. The summed E-state index contributed by atoms with van der Waals surface area (Å²) < 4.78 is 10.6.